The van der Waals surface area contributed by atoms with E-state index in [1.165, 1.54) is 22.3 Å². The summed E-state index contributed by atoms with van der Waals surface area (Å²) in [6.07, 6.45) is 3.42. The van der Waals surface area contributed by atoms with Gasteiger partial charge in [-0.2, -0.15) is 0 Å². The Morgan fingerprint density at radius 2 is 0.852 bits per heavy atom. The highest BCUT2D eigenvalue weighted by molar-refractivity contribution is 5.21. The zero-order chi connectivity index (χ0) is 20.3. The van der Waals surface area contributed by atoms with Gasteiger partial charge in [-0.3, -0.25) is 0 Å². The van der Waals surface area contributed by atoms with Gasteiger partial charge in [0, 0.05) is 0 Å². The number of hydrogen-bond acceptors (Lipinski definition) is 0. The maximum absolute atomic E-state index is 2.22. The molecule has 27 heavy (non-hydrogen) atoms. The Labute approximate surface area is 168 Å². The third kappa shape index (κ3) is 12.6. The Kier molecular flexibility index (Phi) is 15.6. The molecule has 0 saturated heterocycles. The van der Waals surface area contributed by atoms with Gasteiger partial charge in [-0.15, -0.1) is 0 Å². The van der Waals surface area contributed by atoms with Crippen LogP contribution in [0.5, 0.6) is 0 Å². The Bertz CT molecular complexity index is 629. The fraction of sp³-hybridized carbons (Fsp3) is 0.333. The van der Waals surface area contributed by atoms with Crippen molar-refractivity contribution in [1.29, 1.82) is 0 Å². The molecule has 3 rings (SSSR count). The molecule has 0 spiro atoms. The van der Waals surface area contributed by atoms with Crippen molar-refractivity contribution in [3.63, 3.8) is 0 Å². The SMILES string of the molecule is CC.CCc1cccc(C)c1.CCc1ccccc1.CCc1ccccc1. The summed E-state index contributed by atoms with van der Waals surface area (Å²) in [6.45, 7) is 12.6. The Morgan fingerprint density at radius 3 is 1.11 bits per heavy atom. The number of aryl methyl sites for hydroxylation is 4. The average molecular weight is 363 g/mol. The van der Waals surface area contributed by atoms with Gasteiger partial charge in [-0.05, 0) is 42.9 Å². The Hall–Kier alpha value is -2.34. The van der Waals surface area contributed by atoms with Crippen molar-refractivity contribution in [3.05, 3.63) is 107 Å². The zero-order valence-electron chi connectivity index (χ0n) is 18.2. The summed E-state index contributed by atoms with van der Waals surface area (Å²) in [5.41, 5.74) is 5.60. The lowest BCUT2D eigenvalue weighted by atomic mass is 10.1. The molecule has 0 aliphatic carbocycles. The van der Waals surface area contributed by atoms with E-state index < -0.39 is 0 Å². The van der Waals surface area contributed by atoms with Crippen LogP contribution in [0.15, 0.2) is 84.9 Å². The molecule has 0 heteroatoms. The normalized spacial score (nSPS) is 8.81. The molecule has 0 unspecified atom stereocenters. The molecule has 0 amide bonds. The van der Waals surface area contributed by atoms with Gasteiger partial charge in [0.05, 0.1) is 0 Å². The topological polar surface area (TPSA) is 0 Å². The summed E-state index contributed by atoms with van der Waals surface area (Å²) in [5, 5.41) is 0. The fourth-order valence-electron chi connectivity index (χ4n) is 2.36. The summed E-state index contributed by atoms with van der Waals surface area (Å²) in [4.78, 5) is 0. The van der Waals surface area contributed by atoms with Gasteiger partial charge in [0.15, 0.2) is 0 Å². The van der Waals surface area contributed by atoms with E-state index in [0.717, 1.165) is 19.3 Å². The predicted octanol–water partition coefficient (Wildman–Crippen LogP) is 8.08. The van der Waals surface area contributed by atoms with E-state index in [0.29, 0.717) is 0 Å². The molecular formula is C27H38. The highest BCUT2D eigenvalue weighted by atomic mass is 13.9. The van der Waals surface area contributed by atoms with Crippen LogP contribution in [0.25, 0.3) is 0 Å². The van der Waals surface area contributed by atoms with Crippen molar-refractivity contribution in [2.75, 3.05) is 0 Å². The van der Waals surface area contributed by atoms with Crippen LogP contribution in [0.4, 0.5) is 0 Å². The van der Waals surface area contributed by atoms with E-state index in [9.17, 15) is 0 Å². The summed E-state index contributed by atoms with van der Waals surface area (Å²) in [7, 11) is 0. The molecule has 0 radical (unpaired) electrons. The molecule has 3 aromatic rings. The maximum Gasteiger partial charge on any atom is -0.0307 e. The summed E-state index contributed by atoms with van der Waals surface area (Å²) < 4.78 is 0. The second kappa shape index (κ2) is 17.1. The van der Waals surface area contributed by atoms with Crippen LogP contribution in [0.3, 0.4) is 0 Å². The number of benzene rings is 3. The van der Waals surface area contributed by atoms with Crippen molar-refractivity contribution in [1.82, 2.24) is 0 Å². The first-order valence-electron chi connectivity index (χ1n) is 10.3. The van der Waals surface area contributed by atoms with Crippen molar-refractivity contribution < 1.29 is 0 Å². The van der Waals surface area contributed by atoms with Crippen LogP contribution in [0, 0.1) is 6.92 Å². The average Bonchev–Trinajstić information content (AvgIpc) is 2.77. The van der Waals surface area contributed by atoms with Gasteiger partial charge >= 0.3 is 0 Å². The molecule has 0 aliphatic heterocycles. The van der Waals surface area contributed by atoms with E-state index >= 15 is 0 Å². The highest BCUT2D eigenvalue weighted by Crippen LogP contribution is 2.03. The number of hydrogen-bond donors (Lipinski definition) is 0. The lowest BCUT2D eigenvalue weighted by Gasteiger charge is -1.95. The highest BCUT2D eigenvalue weighted by Gasteiger charge is 1.86. The van der Waals surface area contributed by atoms with E-state index in [4.69, 9.17) is 0 Å². The van der Waals surface area contributed by atoms with Crippen LogP contribution >= 0.6 is 0 Å². The molecule has 0 heterocycles. The molecular weight excluding hydrogens is 324 g/mol. The monoisotopic (exact) mass is 362 g/mol. The van der Waals surface area contributed by atoms with Gasteiger partial charge in [-0.1, -0.05) is 125 Å². The third-order valence-corrected chi connectivity index (χ3v) is 3.99. The summed E-state index contributed by atoms with van der Waals surface area (Å²) >= 11 is 0. The van der Waals surface area contributed by atoms with E-state index in [2.05, 4.69) is 100 Å². The van der Waals surface area contributed by atoms with Gasteiger partial charge in [0.25, 0.3) is 0 Å². The van der Waals surface area contributed by atoms with E-state index in [1.54, 1.807) is 0 Å². The molecule has 0 N–H and O–H groups in total. The minimum absolute atomic E-state index is 1.14. The second-order valence-electron chi connectivity index (χ2n) is 6.02. The first-order chi connectivity index (χ1) is 13.2. The van der Waals surface area contributed by atoms with Crippen LogP contribution in [0.2, 0.25) is 0 Å². The van der Waals surface area contributed by atoms with E-state index in [1.807, 2.05) is 26.0 Å². The first kappa shape index (κ1) is 24.7. The van der Waals surface area contributed by atoms with Crippen molar-refractivity contribution in [3.8, 4) is 0 Å². The van der Waals surface area contributed by atoms with Crippen molar-refractivity contribution in [2.45, 2.75) is 60.8 Å². The smallest absolute Gasteiger partial charge is 0.0307 e. The molecule has 0 bridgehead atoms. The Morgan fingerprint density at radius 1 is 0.481 bits per heavy atom. The van der Waals surface area contributed by atoms with Gasteiger partial charge in [-0.25, -0.2) is 0 Å². The molecule has 3 aromatic carbocycles. The fourth-order valence-corrected chi connectivity index (χ4v) is 2.36. The first-order valence-corrected chi connectivity index (χ1v) is 10.3. The molecule has 0 atom stereocenters. The zero-order valence-corrected chi connectivity index (χ0v) is 18.2. The van der Waals surface area contributed by atoms with Crippen LogP contribution in [-0.4, -0.2) is 0 Å². The van der Waals surface area contributed by atoms with Crippen molar-refractivity contribution >= 4 is 0 Å². The van der Waals surface area contributed by atoms with E-state index in [-0.39, 0.29) is 0 Å². The minimum Gasteiger partial charge on any atom is -0.0683 e. The van der Waals surface area contributed by atoms with Gasteiger partial charge in [0.2, 0.25) is 0 Å². The Balaban J connectivity index is 0.000000359. The lowest BCUT2D eigenvalue weighted by molar-refractivity contribution is 1.13. The minimum atomic E-state index is 1.14. The lowest BCUT2D eigenvalue weighted by Crippen LogP contribution is -1.78. The van der Waals surface area contributed by atoms with Crippen LogP contribution in [-0.2, 0) is 19.3 Å². The molecule has 0 fully saturated rings. The summed E-state index contributed by atoms with van der Waals surface area (Å²) in [6, 6.07) is 29.5. The standard InChI is InChI=1S/C9H12.2C8H10.C2H6/c1-3-9-6-4-5-8(2)7-9;2*1-2-8-6-4-3-5-7-8;1-2/h4-7H,3H2,1-2H3;2*3-7H,2H2,1H3;1-2H3. The summed E-state index contributed by atoms with van der Waals surface area (Å²) in [5.74, 6) is 0. The quantitative estimate of drug-likeness (QED) is 0.441. The largest absolute Gasteiger partial charge is 0.0683 e. The predicted molar refractivity (Wildman–Crippen MR) is 124 cm³/mol. The van der Waals surface area contributed by atoms with Gasteiger partial charge < -0.3 is 0 Å². The second-order valence-corrected chi connectivity index (χ2v) is 6.02. The number of rotatable bonds is 3. The maximum atomic E-state index is 2.22. The van der Waals surface area contributed by atoms with Crippen molar-refractivity contribution in [2.24, 2.45) is 0 Å². The third-order valence-electron chi connectivity index (χ3n) is 3.99. The van der Waals surface area contributed by atoms with Crippen LogP contribution in [0.1, 0.15) is 56.9 Å². The molecule has 0 saturated carbocycles. The van der Waals surface area contributed by atoms with Gasteiger partial charge in [0.1, 0.15) is 0 Å². The molecule has 0 aliphatic rings. The van der Waals surface area contributed by atoms with Crippen LogP contribution < -0.4 is 0 Å². The molecule has 146 valence electrons. The molecule has 0 aromatic heterocycles. The molecule has 0 nitrogen and oxygen atoms in total.